The lowest BCUT2D eigenvalue weighted by Gasteiger charge is -2.31. The van der Waals surface area contributed by atoms with Crippen molar-refractivity contribution in [3.63, 3.8) is 0 Å². The van der Waals surface area contributed by atoms with Crippen LogP contribution in [0.5, 0.6) is 0 Å². The Morgan fingerprint density at radius 1 is 1.50 bits per heavy atom. The first-order valence-electron chi connectivity index (χ1n) is 6.43. The number of aryl methyl sites for hydroxylation is 1. The average molecular weight is 222 g/mol. The fourth-order valence-corrected chi connectivity index (χ4v) is 2.88. The Hall–Kier alpha value is -0.760. The molecule has 90 valence electrons. The van der Waals surface area contributed by atoms with Gasteiger partial charge in [0.2, 0.25) is 0 Å². The Kier molecular flexibility index (Phi) is 3.70. The van der Waals surface area contributed by atoms with Gasteiger partial charge in [-0.1, -0.05) is 26.2 Å². The predicted molar refractivity (Wildman–Crippen MR) is 64.1 cm³/mol. The Labute approximate surface area is 97.7 Å². The van der Waals surface area contributed by atoms with E-state index in [0.717, 1.165) is 23.7 Å². The molecule has 2 nitrogen and oxygen atoms in total. The molecule has 0 aromatic carbocycles. The topological polar surface area (TPSA) is 33.4 Å². The smallest absolute Gasteiger partial charge is 0.101 e. The normalized spacial score (nSPS) is 27.9. The zero-order valence-electron chi connectivity index (χ0n) is 10.3. The van der Waals surface area contributed by atoms with Crippen LogP contribution in [0.1, 0.15) is 56.5 Å². The van der Waals surface area contributed by atoms with Crippen LogP contribution in [0.3, 0.4) is 0 Å². The summed E-state index contributed by atoms with van der Waals surface area (Å²) >= 11 is 0. The standard InChI is InChI=1S/C14H22O2/c1-3-11-5-4-6-12(8-11)14(15)13-7-10(2)16-9-13/h7,9,11-12,14-15H,3-6,8H2,1-2H3. The van der Waals surface area contributed by atoms with Gasteiger partial charge in [-0.25, -0.2) is 0 Å². The predicted octanol–water partition coefficient (Wildman–Crippen LogP) is 3.84. The van der Waals surface area contributed by atoms with E-state index < -0.39 is 0 Å². The van der Waals surface area contributed by atoms with Gasteiger partial charge in [-0.15, -0.1) is 0 Å². The second-order valence-corrected chi connectivity index (χ2v) is 5.14. The van der Waals surface area contributed by atoms with Gasteiger partial charge in [0.25, 0.3) is 0 Å². The van der Waals surface area contributed by atoms with Crippen molar-refractivity contribution in [1.82, 2.24) is 0 Å². The monoisotopic (exact) mass is 222 g/mol. The van der Waals surface area contributed by atoms with Gasteiger partial charge in [0.05, 0.1) is 12.4 Å². The van der Waals surface area contributed by atoms with Crippen LogP contribution < -0.4 is 0 Å². The largest absolute Gasteiger partial charge is 0.469 e. The maximum atomic E-state index is 10.3. The molecule has 0 radical (unpaired) electrons. The van der Waals surface area contributed by atoms with Crippen molar-refractivity contribution in [2.45, 2.75) is 52.1 Å². The number of furan rings is 1. The Morgan fingerprint density at radius 3 is 2.94 bits per heavy atom. The minimum Gasteiger partial charge on any atom is -0.469 e. The third kappa shape index (κ3) is 2.49. The summed E-state index contributed by atoms with van der Waals surface area (Å²) in [4.78, 5) is 0. The Bertz CT molecular complexity index is 329. The first kappa shape index (κ1) is 11.7. The van der Waals surface area contributed by atoms with Gasteiger partial charge in [0.1, 0.15) is 5.76 Å². The van der Waals surface area contributed by atoms with Crippen LogP contribution in [0, 0.1) is 18.8 Å². The molecule has 0 amide bonds. The van der Waals surface area contributed by atoms with Crippen molar-refractivity contribution in [2.75, 3.05) is 0 Å². The van der Waals surface area contributed by atoms with Gasteiger partial charge in [-0.05, 0) is 37.7 Å². The van der Waals surface area contributed by atoms with Crippen LogP contribution in [0.25, 0.3) is 0 Å². The quantitative estimate of drug-likeness (QED) is 0.843. The summed E-state index contributed by atoms with van der Waals surface area (Å²) in [5, 5.41) is 10.3. The van der Waals surface area contributed by atoms with Crippen LogP contribution in [0.2, 0.25) is 0 Å². The second kappa shape index (κ2) is 5.05. The van der Waals surface area contributed by atoms with E-state index in [1.807, 2.05) is 13.0 Å². The molecule has 3 unspecified atom stereocenters. The molecule has 2 rings (SSSR count). The highest BCUT2D eigenvalue weighted by molar-refractivity contribution is 5.15. The maximum absolute atomic E-state index is 10.3. The fourth-order valence-electron chi connectivity index (χ4n) is 2.88. The molecule has 1 aliphatic carbocycles. The lowest BCUT2D eigenvalue weighted by atomic mass is 9.76. The number of aliphatic hydroxyl groups excluding tert-OH is 1. The van der Waals surface area contributed by atoms with Gasteiger partial charge in [0, 0.05) is 5.56 Å². The average Bonchev–Trinajstić information content (AvgIpc) is 2.75. The molecule has 1 aromatic rings. The van der Waals surface area contributed by atoms with E-state index in [1.54, 1.807) is 6.26 Å². The number of rotatable bonds is 3. The summed E-state index contributed by atoms with van der Waals surface area (Å²) in [5.74, 6) is 2.12. The highest BCUT2D eigenvalue weighted by Crippen LogP contribution is 2.38. The van der Waals surface area contributed by atoms with E-state index in [1.165, 1.54) is 25.7 Å². The lowest BCUT2D eigenvalue weighted by Crippen LogP contribution is -2.21. The number of hydrogen-bond acceptors (Lipinski definition) is 2. The lowest BCUT2D eigenvalue weighted by molar-refractivity contribution is 0.0673. The van der Waals surface area contributed by atoms with Crippen molar-refractivity contribution >= 4 is 0 Å². The molecule has 1 aliphatic rings. The molecule has 2 heteroatoms. The van der Waals surface area contributed by atoms with E-state index in [9.17, 15) is 5.11 Å². The molecule has 1 fully saturated rings. The van der Waals surface area contributed by atoms with Gasteiger partial charge < -0.3 is 9.52 Å². The van der Waals surface area contributed by atoms with E-state index >= 15 is 0 Å². The molecule has 16 heavy (non-hydrogen) atoms. The van der Waals surface area contributed by atoms with Crippen molar-refractivity contribution in [2.24, 2.45) is 11.8 Å². The zero-order valence-corrected chi connectivity index (χ0v) is 10.3. The first-order valence-corrected chi connectivity index (χ1v) is 6.43. The summed E-state index contributed by atoms with van der Waals surface area (Å²) < 4.78 is 5.27. The molecule has 0 saturated heterocycles. The molecule has 1 heterocycles. The molecule has 0 spiro atoms. The van der Waals surface area contributed by atoms with Crippen LogP contribution in [0.15, 0.2) is 16.7 Å². The van der Waals surface area contributed by atoms with Gasteiger partial charge in [-0.2, -0.15) is 0 Å². The van der Waals surface area contributed by atoms with Crippen LogP contribution in [0.4, 0.5) is 0 Å². The highest BCUT2D eigenvalue weighted by atomic mass is 16.3. The second-order valence-electron chi connectivity index (χ2n) is 5.14. The molecular formula is C14H22O2. The van der Waals surface area contributed by atoms with Crippen LogP contribution in [-0.2, 0) is 0 Å². The summed E-state index contributed by atoms with van der Waals surface area (Å²) in [6.07, 6.45) is 7.54. The van der Waals surface area contributed by atoms with Crippen molar-refractivity contribution in [3.8, 4) is 0 Å². The Morgan fingerprint density at radius 2 is 2.31 bits per heavy atom. The third-order valence-electron chi connectivity index (χ3n) is 3.94. The molecule has 3 atom stereocenters. The molecule has 1 N–H and O–H groups in total. The summed E-state index contributed by atoms with van der Waals surface area (Å²) in [6, 6.07) is 1.96. The van der Waals surface area contributed by atoms with E-state index in [2.05, 4.69) is 6.92 Å². The number of hydrogen-bond donors (Lipinski definition) is 1. The third-order valence-corrected chi connectivity index (χ3v) is 3.94. The van der Waals surface area contributed by atoms with Crippen molar-refractivity contribution in [3.05, 3.63) is 23.7 Å². The molecule has 0 aliphatic heterocycles. The summed E-state index contributed by atoms with van der Waals surface area (Å²) in [5.41, 5.74) is 0.958. The first-order chi connectivity index (χ1) is 7.70. The van der Waals surface area contributed by atoms with E-state index in [0.29, 0.717) is 5.92 Å². The molecule has 1 aromatic heterocycles. The fraction of sp³-hybridized carbons (Fsp3) is 0.714. The SMILES string of the molecule is CCC1CCCC(C(O)c2coc(C)c2)C1. The van der Waals surface area contributed by atoms with Crippen LogP contribution >= 0.6 is 0 Å². The molecule has 0 bridgehead atoms. The minimum atomic E-state index is -0.327. The number of aliphatic hydroxyl groups is 1. The molecular weight excluding hydrogens is 200 g/mol. The van der Waals surface area contributed by atoms with E-state index in [-0.39, 0.29) is 6.10 Å². The van der Waals surface area contributed by atoms with Crippen LogP contribution in [-0.4, -0.2) is 5.11 Å². The zero-order chi connectivity index (χ0) is 11.5. The Balaban J connectivity index is 2.01. The molecule has 1 saturated carbocycles. The highest BCUT2D eigenvalue weighted by Gasteiger charge is 2.28. The van der Waals surface area contributed by atoms with Crippen molar-refractivity contribution < 1.29 is 9.52 Å². The van der Waals surface area contributed by atoms with Crippen molar-refractivity contribution in [1.29, 1.82) is 0 Å². The summed E-state index contributed by atoms with van der Waals surface area (Å²) in [7, 11) is 0. The van der Waals surface area contributed by atoms with Gasteiger partial charge >= 0.3 is 0 Å². The van der Waals surface area contributed by atoms with Gasteiger partial charge in [-0.3, -0.25) is 0 Å². The van der Waals surface area contributed by atoms with Gasteiger partial charge in [0.15, 0.2) is 0 Å². The summed E-state index contributed by atoms with van der Waals surface area (Å²) in [6.45, 7) is 4.17. The van der Waals surface area contributed by atoms with E-state index in [4.69, 9.17) is 4.42 Å². The minimum absolute atomic E-state index is 0.327. The maximum Gasteiger partial charge on any atom is 0.101 e.